The first-order valence-corrected chi connectivity index (χ1v) is 7.54. The largest absolute Gasteiger partial charge is 0.493 e. The molecule has 1 saturated heterocycles. The Morgan fingerprint density at radius 3 is 2.58 bits per heavy atom. The Morgan fingerprint density at radius 2 is 1.84 bits per heavy atom. The summed E-state index contributed by atoms with van der Waals surface area (Å²) < 4.78 is 5.82. The van der Waals surface area contributed by atoms with E-state index >= 15 is 0 Å². The van der Waals surface area contributed by atoms with E-state index in [1.165, 1.54) is 44.3 Å². The van der Waals surface area contributed by atoms with Crippen molar-refractivity contribution in [1.29, 1.82) is 0 Å². The summed E-state index contributed by atoms with van der Waals surface area (Å²) >= 11 is 0. The lowest BCUT2D eigenvalue weighted by atomic mass is 9.82. The Hall–Kier alpha value is -1.06. The third kappa shape index (κ3) is 2.26. The molecule has 2 aliphatic rings. The minimum absolute atomic E-state index is 0.000810. The van der Waals surface area contributed by atoms with E-state index in [1.54, 1.807) is 0 Å². The first-order valence-electron chi connectivity index (χ1n) is 7.54. The standard InChI is InChI=1S/C16H24N2O/c17-13-16(18-10-5-1-2-6-11-18)9-12-19-15-8-4-3-7-14(15)16/h3-4,7-8H,1-2,5-6,9-13,17H2. The van der Waals surface area contributed by atoms with Crippen LogP contribution in [0.2, 0.25) is 0 Å². The average molecular weight is 260 g/mol. The summed E-state index contributed by atoms with van der Waals surface area (Å²) in [5.41, 5.74) is 7.53. The van der Waals surface area contributed by atoms with Crippen LogP contribution in [-0.2, 0) is 5.54 Å². The fraction of sp³-hybridized carbons (Fsp3) is 0.625. The molecule has 1 atom stereocenters. The molecule has 1 aromatic carbocycles. The number of nitrogens with two attached hydrogens (primary N) is 1. The number of nitrogens with zero attached hydrogens (tertiary/aromatic N) is 1. The Labute approximate surface area is 115 Å². The minimum atomic E-state index is -0.000810. The lowest BCUT2D eigenvalue weighted by molar-refractivity contribution is 0.0513. The van der Waals surface area contributed by atoms with E-state index in [2.05, 4.69) is 23.1 Å². The van der Waals surface area contributed by atoms with Gasteiger partial charge in [-0.3, -0.25) is 4.90 Å². The Kier molecular flexibility index (Phi) is 3.76. The molecule has 19 heavy (non-hydrogen) atoms. The molecule has 2 heterocycles. The number of benzene rings is 1. The molecular weight excluding hydrogens is 236 g/mol. The first kappa shape index (κ1) is 12.9. The van der Waals surface area contributed by atoms with Gasteiger partial charge in [0.2, 0.25) is 0 Å². The summed E-state index contributed by atoms with van der Waals surface area (Å²) in [4.78, 5) is 2.63. The van der Waals surface area contributed by atoms with Gasteiger partial charge in [0, 0.05) is 18.5 Å². The zero-order valence-corrected chi connectivity index (χ0v) is 11.6. The van der Waals surface area contributed by atoms with Crippen molar-refractivity contribution < 1.29 is 4.74 Å². The van der Waals surface area contributed by atoms with Crippen LogP contribution in [-0.4, -0.2) is 31.1 Å². The molecule has 0 bridgehead atoms. The molecule has 0 radical (unpaired) electrons. The highest BCUT2D eigenvalue weighted by molar-refractivity contribution is 5.41. The van der Waals surface area contributed by atoms with Crippen LogP contribution < -0.4 is 10.5 Å². The summed E-state index contributed by atoms with van der Waals surface area (Å²) in [7, 11) is 0. The molecule has 1 aromatic rings. The lowest BCUT2D eigenvalue weighted by Crippen LogP contribution is -2.54. The van der Waals surface area contributed by atoms with E-state index in [0.29, 0.717) is 6.54 Å². The zero-order valence-electron chi connectivity index (χ0n) is 11.6. The van der Waals surface area contributed by atoms with E-state index < -0.39 is 0 Å². The van der Waals surface area contributed by atoms with Crippen molar-refractivity contribution in [2.24, 2.45) is 5.73 Å². The monoisotopic (exact) mass is 260 g/mol. The van der Waals surface area contributed by atoms with E-state index in [-0.39, 0.29) is 5.54 Å². The van der Waals surface area contributed by atoms with Crippen LogP contribution in [0.15, 0.2) is 24.3 Å². The summed E-state index contributed by atoms with van der Waals surface area (Å²) in [6.07, 6.45) is 6.32. The van der Waals surface area contributed by atoms with Crippen molar-refractivity contribution >= 4 is 0 Å². The Bertz CT molecular complexity index is 427. The van der Waals surface area contributed by atoms with Gasteiger partial charge in [-0.2, -0.15) is 0 Å². The van der Waals surface area contributed by atoms with Gasteiger partial charge >= 0.3 is 0 Å². The van der Waals surface area contributed by atoms with E-state index in [1.807, 2.05) is 6.07 Å². The highest BCUT2D eigenvalue weighted by Gasteiger charge is 2.41. The molecule has 3 heteroatoms. The van der Waals surface area contributed by atoms with Crippen LogP contribution in [0.1, 0.15) is 37.7 Å². The molecule has 0 aliphatic carbocycles. The molecule has 2 N–H and O–H groups in total. The molecule has 0 aromatic heterocycles. The Balaban J connectivity index is 1.98. The van der Waals surface area contributed by atoms with Crippen molar-refractivity contribution in [3.63, 3.8) is 0 Å². The zero-order chi connectivity index (χ0) is 13.1. The molecular formula is C16H24N2O. The number of hydrogen-bond donors (Lipinski definition) is 1. The molecule has 3 nitrogen and oxygen atoms in total. The normalized spacial score (nSPS) is 28.3. The predicted octanol–water partition coefficient (Wildman–Crippen LogP) is 2.50. The van der Waals surface area contributed by atoms with Crippen molar-refractivity contribution in [2.75, 3.05) is 26.2 Å². The summed E-state index contributed by atoms with van der Waals surface area (Å²) in [6, 6.07) is 8.44. The van der Waals surface area contributed by atoms with Crippen LogP contribution in [0.25, 0.3) is 0 Å². The smallest absolute Gasteiger partial charge is 0.124 e. The molecule has 0 amide bonds. The number of rotatable bonds is 2. The average Bonchev–Trinajstić information content (AvgIpc) is 2.76. The maximum atomic E-state index is 6.24. The summed E-state index contributed by atoms with van der Waals surface area (Å²) in [5.74, 6) is 1.03. The molecule has 104 valence electrons. The fourth-order valence-corrected chi connectivity index (χ4v) is 3.61. The van der Waals surface area contributed by atoms with Gasteiger partial charge in [-0.1, -0.05) is 31.0 Å². The second-order valence-electron chi connectivity index (χ2n) is 5.73. The van der Waals surface area contributed by atoms with Crippen LogP contribution in [0, 0.1) is 0 Å². The van der Waals surface area contributed by atoms with Crippen molar-refractivity contribution in [2.45, 2.75) is 37.6 Å². The Morgan fingerprint density at radius 1 is 1.11 bits per heavy atom. The quantitative estimate of drug-likeness (QED) is 0.888. The topological polar surface area (TPSA) is 38.5 Å². The van der Waals surface area contributed by atoms with Crippen LogP contribution in [0.3, 0.4) is 0 Å². The molecule has 1 fully saturated rings. The van der Waals surface area contributed by atoms with Crippen LogP contribution >= 0.6 is 0 Å². The number of likely N-dealkylation sites (tertiary alicyclic amines) is 1. The van der Waals surface area contributed by atoms with Crippen molar-refractivity contribution in [3.8, 4) is 5.75 Å². The van der Waals surface area contributed by atoms with Gasteiger partial charge in [-0.15, -0.1) is 0 Å². The van der Waals surface area contributed by atoms with Gasteiger partial charge in [0.05, 0.1) is 12.1 Å². The van der Waals surface area contributed by atoms with Gasteiger partial charge in [0.25, 0.3) is 0 Å². The predicted molar refractivity (Wildman–Crippen MR) is 77.3 cm³/mol. The number of ether oxygens (including phenoxy) is 1. The fourth-order valence-electron chi connectivity index (χ4n) is 3.61. The summed E-state index contributed by atoms with van der Waals surface area (Å²) in [6.45, 7) is 3.81. The first-order chi connectivity index (χ1) is 9.37. The van der Waals surface area contributed by atoms with Crippen LogP contribution in [0.5, 0.6) is 5.75 Å². The minimum Gasteiger partial charge on any atom is -0.493 e. The number of hydrogen-bond acceptors (Lipinski definition) is 3. The third-order valence-corrected chi connectivity index (χ3v) is 4.71. The van der Waals surface area contributed by atoms with Gasteiger partial charge in [-0.25, -0.2) is 0 Å². The van der Waals surface area contributed by atoms with Crippen molar-refractivity contribution in [1.82, 2.24) is 4.90 Å². The highest BCUT2D eigenvalue weighted by Crippen LogP contribution is 2.41. The van der Waals surface area contributed by atoms with Gasteiger partial charge in [0.15, 0.2) is 0 Å². The van der Waals surface area contributed by atoms with E-state index in [0.717, 1.165) is 18.8 Å². The SMILES string of the molecule is NCC1(N2CCCCCC2)CCOc2ccccc21. The second-order valence-corrected chi connectivity index (χ2v) is 5.73. The van der Waals surface area contributed by atoms with Crippen LogP contribution in [0.4, 0.5) is 0 Å². The third-order valence-electron chi connectivity index (χ3n) is 4.71. The maximum absolute atomic E-state index is 6.24. The molecule has 3 rings (SSSR count). The van der Waals surface area contributed by atoms with Crippen molar-refractivity contribution in [3.05, 3.63) is 29.8 Å². The van der Waals surface area contributed by atoms with E-state index in [9.17, 15) is 0 Å². The highest BCUT2D eigenvalue weighted by atomic mass is 16.5. The number of para-hydroxylation sites is 1. The van der Waals surface area contributed by atoms with Gasteiger partial charge in [0.1, 0.15) is 5.75 Å². The summed E-state index contributed by atoms with van der Waals surface area (Å²) in [5, 5.41) is 0. The molecule has 0 saturated carbocycles. The molecule has 2 aliphatic heterocycles. The van der Waals surface area contributed by atoms with E-state index in [4.69, 9.17) is 10.5 Å². The molecule has 0 spiro atoms. The van der Waals surface area contributed by atoms with Gasteiger partial charge < -0.3 is 10.5 Å². The molecule has 1 unspecified atom stereocenters. The van der Waals surface area contributed by atoms with Gasteiger partial charge in [-0.05, 0) is 32.0 Å². The lowest BCUT2D eigenvalue weighted by Gasteiger charge is -2.46. The number of fused-ring (bicyclic) bond motifs is 1. The maximum Gasteiger partial charge on any atom is 0.124 e. The second kappa shape index (κ2) is 5.51.